The molecule has 2 N–H and O–H groups in total. The number of nitrogens with one attached hydrogen (secondary N) is 2. The molecule has 2 amide bonds. The Morgan fingerprint density at radius 2 is 1.89 bits per heavy atom. The van der Waals surface area contributed by atoms with Gasteiger partial charge >= 0.3 is 0 Å². The number of para-hydroxylation sites is 1. The molecule has 27 heavy (non-hydrogen) atoms. The minimum absolute atomic E-state index is 0.217. The summed E-state index contributed by atoms with van der Waals surface area (Å²) in [5.74, 6) is -0.380. The maximum absolute atomic E-state index is 12.7. The van der Waals surface area contributed by atoms with E-state index in [0.29, 0.717) is 15.6 Å². The topological polar surface area (TPSA) is 84.2 Å². The lowest BCUT2D eigenvalue weighted by Gasteiger charge is -2.07. The van der Waals surface area contributed by atoms with Crippen LogP contribution in [0.1, 0.15) is 25.8 Å². The largest absolute Gasteiger partial charge is 0.459 e. The molecule has 134 valence electrons. The summed E-state index contributed by atoms with van der Waals surface area (Å²) in [5.41, 5.74) is 2.15. The molecule has 6 nitrogen and oxygen atoms in total. The van der Waals surface area contributed by atoms with E-state index < -0.39 is 0 Å². The van der Waals surface area contributed by atoms with Gasteiger partial charge in [0, 0.05) is 11.6 Å². The van der Waals surface area contributed by atoms with Crippen LogP contribution in [0.4, 0.5) is 10.7 Å². The van der Waals surface area contributed by atoms with E-state index >= 15 is 0 Å². The summed E-state index contributed by atoms with van der Waals surface area (Å²) in [6, 6.07) is 14.4. The van der Waals surface area contributed by atoms with Crippen molar-refractivity contribution in [2.24, 2.45) is 0 Å². The number of nitrogens with zero attached hydrogens (tertiary/aromatic N) is 1. The standard InChI is InChI=1S/C20H15N3O3S/c1-12-11-16(23-19(24)15-8-4-10-26-15)27-18(12)20(25)22-14-7-2-5-13-6-3-9-21-17(13)14/h2-11H,1H3,(H,22,25)(H,23,24). The monoisotopic (exact) mass is 377 g/mol. The highest BCUT2D eigenvalue weighted by atomic mass is 32.1. The number of anilines is 2. The Hall–Kier alpha value is -3.45. The fourth-order valence-electron chi connectivity index (χ4n) is 2.73. The quantitative estimate of drug-likeness (QED) is 0.540. The van der Waals surface area contributed by atoms with Gasteiger partial charge in [-0.05, 0) is 42.8 Å². The average molecular weight is 377 g/mol. The van der Waals surface area contributed by atoms with Gasteiger partial charge in [0.2, 0.25) is 0 Å². The molecule has 0 saturated heterocycles. The third-order valence-corrected chi connectivity index (χ3v) is 5.14. The highest BCUT2D eigenvalue weighted by molar-refractivity contribution is 7.18. The van der Waals surface area contributed by atoms with Gasteiger partial charge in [0.25, 0.3) is 11.8 Å². The van der Waals surface area contributed by atoms with Crippen molar-refractivity contribution in [2.45, 2.75) is 6.92 Å². The molecule has 7 heteroatoms. The van der Waals surface area contributed by atoms with Crippen molar-refractivity contribution in [2.75, 3.05) is 10.6 Å². The van der Waals surface area contributed by atoms with Gasteiger partial charge in [0.1, 0.15) is 0 Å². The van der Waals surface area contributed by atoms with E-state index in [1.165, 1.54) is 17.6 Å². The summed E-state index contributed by atoms with van der Waals surface area (Å²) in [6.07, 6.45) is 3.13. The highest BCUT2D eigenvalue weighted by Crippen LogP contribution is 2.29. The van der Waals surface area contributed by atoms with Crippen LogP contribution in [0, 0.1) is 6.92 Å². The molecule has 0 bridgehead atoms. The molecule has 3 heterocycles. The smallest absolute Gasteiger partial charge is 0.291 e. The molecule has 4 rings (SSSR count). The first-order valence-electron chi connectivity index (χ1n) is 8.22. The fraction of sp³-hybridized carbons (Fsp3) is 0.0500. The second-order valence-corrected chi connectivity index (χ2v) is 6.94. The first-order chi connectivity index (χ1) is 13.1. The van der Waals surface area contributed by atoms with Crippen LogP contribution in [0.15, 0.2) is 65.4 Å². The number of carbonyl (C=O) groups is 2. The number of hydrogen-bond acceptors (Lipinski definition) is 5. The predicted octanol–water partition coefficient (Wildman–Crippen LogP) is 4.70. The Morgan fingerprint density at radius 1 is 1.04 bits per heavy atom. The number of aryl methyl sites for hydroxylation is 1. The van der Waals surface area contributed by atoms with E-state index in [0.717, 1.165) is 16.5 Å². The number of hydrogen-bond donors (Lipinski definition) is 2. The summed E-state index contributed by atoms with van der Waals surface area (Å²) in [7, 11) is 0. The number of fused-ring (bicyclic) bond motifs is 1. The Bertz CT molecular complexity index is 1130. The van der Waals surface area contributed by atoms with Crippen LogP contribution in [0.2, 0.25) is 0 Å². The lowest BCUT2D eigenvalue weighted by Crippen LogP contribution is -2.12. The minimum atomic E-state index is -0.355. The lowest BCUT2D eigenvalue weighted by atomic mass is 10.2. The summed E-state index contributed by atoms with van der Waals surface area (Å²) >= 11 is 1.21. The highest BCUT2D eigenvalue weighted by Gasteiger charge is 2.17. The van der Waals surface area contributed by atoms with E-state index in [9.17, 15) is 9.59 Å². The number of carbonyl (C=O) groups excluding carboxylic acids is 2. The number of furan rings is 1. The van der Waals surface area contributed by atoms with Crippen molar-refractivity contribution in [3.05, 3.63) is 77.2 Å². The molecule has 3 aromatic heterocycles. The molecule has 0 aliphatic carbocycles. The molecule has 0 fully saturated rings. The van der Waals surface area contributed by atoms with Gasteiger partial charge in [-0.15, -0.1) is 11.3 Å². The maximum Gasteiger partial charge on any atom is 0.291 e. The van der Waals surface area contributed by atoms with Crippen molar-refractivity contribution in [3.63, 3.8) is 0 Å². The van der Waals surface area contributed by atoms with Crippen LogP contribution in [-0.4, -0.2) is 16.8 Å². The van der Waals surface area contributed by atoms with Crippen molar-refractivity contribution >= 4 is 44.7 Å². The number of pyridine rings is 1. The zero-order valence-corrected chi connectivity index (χ0v) is 15.2. The summed E-state index contributed by atoms with van der Waals surface area (Å²) in [4.78, 5) is 29.7. The van der Waals surface area contributed by atoms with Gasteiger partial charge in [-0.25, -0.2) is 0 Å². The van der Waals surface area contributed by atoms with Crippen LogP contribution in [-0.2, 0) is 0 Å². The van der Waals surface area contributed by atoms with E-state index in [4.69, 9.17) is 4.42 Å². The zero-order chi connectivity index (χ0) is 18.8. The maximum atomic E-state index is 12.7. The van der Waals surface area contributed by atoms with Crippen LogP contribution < -0.4 is 10.6 Å². The van der Waals surface area contributed by atoms with Gasteiger partial charge in [0.05, 0.1) is 27.3 Å². The van der Waals surface area contributed by atoms with Crippen LogP contribution in [0.3, 0.4) is 0 Å². The number of amides is 2. The molecule has 0 unspecified atom stereocenters. The van der Waals surface area contributed by atoms with Crippen LogP contribution in [0.25, 0.3) is 10.9 Å². The van der Waals surface area contributed by atoms with Crippen LogP contribution >= 0.6 is 11.3 Å². The van der Waals surface area contributed by atoms with Crippen molar-refractivity contribution in [3.8, 4) is 0 Å². The molecule has 1 aromatic carbocycles. The first-order valence-corrected chi connectivity index (χ1v) is 9.04. The van der Waals surface area contributed by atoms with Gasteiger partial charge in [-0.3, -0.25) is 14.6 Å². The van der Waals surface area contributed by atoms with Crippen molar-refractivity contribution in [1.82, 2.24) is 4.98 Å². The minimum Gasteiger partial charge on any atom is -0.459 e. The average Bonchev–Trinajstić information content (AvgIpc) is 3.32. The molecule has 0 atom stereocenters. The van der Waals surface area contributed by atoms with E-state index in [-0.39, 0.29) is 17.6 Å². The van der Waals surface area contributed by atoms with E-state index in [2.05, 4.69) is 15.6 Å². The third-order valence-electron chi connectivity index (χ3n) is 3.99. The molecule has 0 aliphatic rings. The fourth-order valence-corrected chi connectivity index (χ4v) is 3.70. The molecule has 0 radical (unpaired) electrons. The van der Waals surface area contributed by atoms with Gasteiger partial charge in [-0.2, -0.15) is 0 Å². The molecule has 0 saturated carbocycles. The second kappa shape index (κ2) is 7.05. The Kier molecular flexibility index (Phi) is 4.43. The van der Waals surface area contributed by atoms with Gasteiger partial charge < -0.3 is 15.1 Å². The van der Waals surface area contributed by atoms with Crippen LogP contribution in [0.5, 0.6) is 0 Å². The molecule has 0 aliphatic heterocycles. The number of aromatic nitrogens is 1. The van der Waals surface area contributed by atoms with Gasteiger partial charge in [0.15, 0.2) is 5.76 Å². The Labute approximate surface area is 158 Å². The van der Waals surface area contributed by atoms with E-state index in [1.54, 1.807) is 24.4 Å². The second-order valence-electron chi connectivity index (χ2n) is 5.89. The van der Waals surface area contributed by atoms with Crippen molar-refractivity contribution < 1.29 is 14.0 Å². The van der Waals surface area contributed by atoms with Crippen molar-refractivity contribution in [1.29, 1.82) is 0 Å². The van der Waals surface area contributed by atoms with E-state index in [1.807, 2.05) is 37.3 Å². The SMILES string of the molecule is Cc1cc(NC(=O)c2ccco2)sc1C(=O)Nc1cccc2cccnc12. The van der Waals surface area contributed by atoms with Gasteiger partial charge in [-0.1, -0.05) is 18.2 Å². The molecule has 4 aromatic rings. The lowest BCUT2D eigenvalue weighted by molar-refractivity contribution is 0.0995. The normalized spacial score (nSPS) is 10.7. The summed E-state index contributed by atoms with van der Waals surface area (Å²) in [6.45, 7) is 1.83. The molecule has 0 spiro atoms. The Morgan fingerprint density at radius 3 is 2.70 bits per heavy atom. The molecular weight excluding hydrogens is 362 g/mol. The summed E-state index contributed by atoms with van der Waals surface area (Å²) < 4.78 is 5.08. The Balaban J connectivity index is 1.55. The number of benzene rings is 1. The first kappa shape index (κ1) is 17.0. The molecular formula is C20H15N3O3S. The number of rotatable bonds is 4. The number of thiophene rings is 1. The zero-order valence-electron chi connectivity index (χ0n) is 14.4. The summed E-state index contributed by atoms with van der Waals surface area (Å²) in [5, 5.41) is 7.19. The third kappa shape index (κ3) is 3.45. The predicted molar refractivity (Wildman–Crippen MR) is 105 cm³/mol.